The minimum absolute atomic E-state index is 0.0223. The third-order valence-corrected chi connectivity index (χ3v) is 14.3. The standard InChI is InChI=1S/C17H11Cl2F3O5.C15H22ClNO2.C14H13NO7S.C5H12NO4P/c1-8(15(23)24)26-16(25)11-7-10(3-4-12(11)18)27-14-5-2-9(6-13(14)19)17(20,21)22;1-5-13-8-6-7-11(2)15(13)17(14(18)9-16)12(3)10-19-4;1-23(21,22)8-5-6-9(10(7-8)15(19)20)14(18)13-11(16)3-2-4-12(13)17;1-11(9,10)3-2-4(6)5(7)8/h2-8H,1H3,(H,23,24);6-8,12H,5,9-10H2,1-4H3;5-7,13H,2-4H2,1H3;4H,2-3,6H2,1H3,(H,7,8)(H,9,10)/t8-;;;/m0.../s1. The Balaban J connectivity index is 0.000000380. The number of amides is 1. The lowest BCUT2D eigenvalue weighted by Crippen LogP contribution is -2.43. The predicted octanol–water partition coefficient (Wildman–Crippen LogP) is 9.41. The second-order valence-electron chi connectivity index (χ2n) is 17.7. The van der Waals surface area contributed by atoms with Crippen molar-refractivity contribution in [1.29, 1.82) is 0 Å². The summed E-state index contributed by atoms with van der Waals surface area (Å²) in [4.78, 5) is 102. The van der Waals surface area contributed by atoms with E-state index in [4.69, 9.17) is 69.9 Å². The van der Waals surface area contributed by atoms with Crippen molar-refractivity contribution in [2.75, 3.05) is 43.6 Å². The van der Waals surface area contributed by atoms with E-state index in [1.807, 2.05) is 26.0 Å². The monoisotopic (exact) mass is 1230 g/mol. The van der Waals surface area contributed by atoms with Crippen LogP contribution in [0, 0.1) is 23.0 Å². The molecule has 0 aliphatic heterocycles. The first-order chi connectivity index (χ1) is 37.0. The number of hydrogen-bond donors (Lipinski definition) is 4. The van der Waals surface area contributed by atoms with Gasteiger partial charge in [0.1, 0.15) is 29.3 Å². The predicted molar refractivity (Wildman–Crippen MR) is 289 cm³/mol. The zero-order chi connectivity index (χ0) is 61.2. The van der Waals surface area contributed by atoms with Crippen LogP contribution in [0.2, 0.25) is 10.0 Å². The van der Waals surface area contributed by atoms with Crippen LogP contribution in [-0.4, -0.2) is 126 Å². The number of nitro groups is 1. The molecule has 1 saturated carbocycles. The molecule has 0 spiro atoms. The fourth-order valence-electron chi connectivity index (χ4n) is 7.16. The van der Waals surface area contributed by atoms with Gasteiger partial charge >= 0.3 is 24.1 Å². The summed E-state index contributed by atoms with van der Waals surface area (Å²) in [7, 11) is -5.16. The number of Topliss-reactive ketones (excluding diaryl/α,β-unsaturated/α-hetero) is 3. The summed E-state index contributed by atoms with van der Waals surface area (Å²) in [5, 5.41) is 27.9. The molecule has 5 N–H and O–H groups in total. The Morgan fingerprint density at radius 1 is 0.938 bits per heavy atom. The fraction of sp³-hybridized carbons (Fsp3) is 0.392. The van der Waals surface area contributed by atoms with E-state index >= 15 is 0 Å². The van der Waals surface area contributed by atoms with Gasteiger partial charge in [0.15, 0.2) is 40.7 Å². The Morgan fingerprint density at radius 2 is 1.55 bits per heavy atom. The second-order valence-corrected chi connectivity index (χ2v) is 23.4. The van der Waals surface area contributed by atoms with Crippen LogP contribution in [0.3, 0.4) is 0 Å². The first kappa shape index (κ1) is 69.8. The van der Waals surface area contributed by atoms with Crippen LogP contribution in [0.25, 0.3) is 0 Å². The summed E-state index contributed by atoms with van der Waals surface area (Å²) in [6, 6.07) is 14.1. The van der Waals surface area contributed by atoms with E-state index in [0.717, 1.165) is 72.8 Å². The molecule has 0 saturated heterocycles. The molecule has 4 aromatic carbocycles. The van der Waals surface area contributed by atoms with Gasteiger partial charge in [0, 0.05) is 45.1 Å². The summed E-state index contributed by atoms with van der Waals surface area (Å²) in [6.45, 7) is 8.91. The molecule has 5 rings (SSSR count). The summed E-state index contributed by atoms with van der Waals surface area (Å²) >= 11 is 17.5. The van der Waals surface area contributed by atoms with Gasteiger partial charge in [0.2, 0.25) is 5.91 Å². The van der Waals surface area contributed by atoms with Gasteiger partial charge in [-0.3, -0.25) is 38.7 Å². The van der Waals surface area contributed by atoms with Crippen LogP contribution < -0.4 is 15.4 Å². The van der Waals surface area contributed by atoms with Crippen LogP contribution in [0.15, 0.2) is 77.7 Å². The lowest BCUT2D eigenvalue weighted by Gasteiger charge is -2.31. The number of carboxylic acids is 2. The molecule has 438 valence electrons. The van der Waals surface area contributed by atoms with Crippen molar-refractivity contribution in [2.24, 2.45) is 11.7 Å². The normalized spacial score (nSPS) is 14.4. The number of nitrogens with zero attached hydrogens (tertiary/aromatic N) is 2. The lowest BCUT2D eigenvalue weighted by molar-refractivity contribution is -0.385. The number of esters is 1. The molecule has 80 heavy (non-hydrogen) atoms. The van der Waals surface area contributed by atoms with Crippen LogP contribution in [0.5, 0.6) is 11.5 Å². The third kappa shape index (κ3) is 21.3. The Bertz CT molecular complexity index is 3090. The number of carbonyl (C=O) groups excluding carboxylic acids is 5. The zero-order valence-corrected chi connectivity index (χ0v) is 47.9. The van der Waals surface area contributed by atoms with E-state index in [9.17, 15) is 69.8 Å². The molecule has 4 aromatic rings. The first-order valence-electron chi connectivity index (χ1n) is 23.6. The highest BCUT2D eigenvalue weighted by Crippen LogP contribution is 2.38. The Morgan fingerprint density at radius 3 is 2.04 bits per heavy atom. The number of nitro benzene ring substituents is 1. The van der Waals surface area contributed by atoms with Crippen molar-refractivity contribution < 1.29 is 94.0 Å². The molecular formula is C51H58Cl3F3N3O18PS. The topological polar surface area (TPSA) is 331 Å². The van der Waals surface area contributed by atoms with Crippen LogP contribution >= 0.6 is 42.2 Å². The Hall–Kier alpha value is -6.31. The molecule has 1 aliphatic carbocycles. The van der Waals surface area contributed by atoms with Crippen molar-refractivity contribution in [3.63, 3.8) is 0 Å². The van der Waals surface area contributed by atoms with E-state index < -0.39 is 98.4 Å². The number of ether oxygens (including phenoxy) is 3. The van der Waals surface area contributed by atoms with E-state index in [2.05, 4.69) is 13.0 Å². The summed E-state index contributed by atoms with van der Waals surface area (Å²) < 4.78 is 86.9. The fourth-order valence-corrected chi connectivity index (χ4v) is 9.10. The Kier molecular flexibility index (Phi) is 27.1. The number of rotatable bonds is 19. The minimum Gasteiger partial charge on any atom is -0.480 e. The maximum atomic E-state index is 12.7. The van der Waals surface area contributed by atoms with Crippen molar-refractivity contribution in [3.8, 4) is 11.5 Å². The molecule has 1 amide bonds. The maximum Gasteiger partial charge on any atom is 0.416 e. The summed E-state index contributed by atoms with van der Waals surface area (Å²) in [5.41, 5.74) is 6.02. The number of sulfone groups is 1. The molecule has 0 bridgehead atoms. The number of nitrogens with two attached hydrogens (primary N) is 1. The van der Waals surface area contributed by atoms with Crippen LogP contribution in [0.4, 0.5) is 24.5 Å². The molecule has 1 fully saturated rings. The maximum absolute atomic E-state index is 12.7. The van der Waals surface area contributed by atoms with Gasteiger partial charge in [-0.05, 0) is 99.7 Å². The molecule has 0 radical (unpaired) electrons. The number of hydrogen-bond acceptors (Lipinski definition) is 16. The van der Waals surface area contributed by atoms with Gasteiger partial charge in [-0.2, -0.15) is 13.2 Å². The number of carbonyl (C=O) groups is 7. The zero-order valence-electron chi connectivity index (χ0n) is 44.0. The average Bonchev–Trinajstić information content (AvgIpc) is 3.36. The smallest absolute Gasteiger partial charge is 0.416 e. The van der Waals surface area contributed by atoms with E-state index in [-0.39, 0.29) is 75.3 Å². The highest BCUT2D eigenvalue weighted by atomic mass is 35.5. The number of para-hydroxylation sites is 1. The highest BCUT2D eigenvalue weighted by molar-refractivity contribution is 7.90. The largest absolute Gasteiger partial charge is 0.480 e. The summed E-state index contributed by atoms with van der Waals surface area (Å²) in [5.74, 6) is -7.25. The van der Waals surface area contributed by atoms with E-state index in [0.29, 0.717) is 19.1 Å². The molecule has 3 unspecified atom stereocenters. The molecular weight excluding hydrogens is 1170 g/mol. The molecule has 21 nitrogen and oxygen atoms in total. The van der Waals surface area contributed by atoms with E-state index in [1.54, 1.807) is 12.0 Å². The van der Waals surface area contributed by atoms with Gasteiger partial charge in [-0.1, -0.05) is 48.3 Å². The SMILES string of the molecule is CCc1cccc(C)c1N(C(=O)CCl)C(C)COC.CP(=O)(O)CCC(N)C(=O)O.CS(=O)(=O)c1ccc(C(=O)C2C(=O)CCCC2=O)c([N+](=O)[O-])c1.C[C@H](OC(=O)c1cc(Oc2ccc(C(F)(F)F)cc2Cl)ccc1Cl)C(=O)O. The van der Waals surface area contributed by atoms with Crippen molar-refractivity contribution in [1.82, 2.24) is 0 Å². The molecule has 0 heterocycles. The molecule has 4 atom stereocenters. The van der Waals surface area contributed by atoms with E-state index in [1.165, 1.54) is 18.8 Å². The average molecular weight is 1230 g/mol. The first-order valence-corrected chi connectivity index (χ1v) is 29.1. The van der Waals surface area contributed by atoms with Gasteiger partial charge in [0.05, 0.1) is 54.9 Å². The van der Waals surface area contributed by atoms with Crippen molar-refractivity contribution >= 4 is 105 Å². The second kappa shape index (κ2) is 31.0. The number of aliphatic carboxylic acids is 2. The Labute approximate surface area is 472 Å². The van der Waals surface area contributed by atoms with Gasteiger partial charge in [-0.15, -0.1) is 11.6 Å². The molecule has 1 aliphatic rings. The number of aryl methyl sites for hydroxylation is 2. The number of anilines is 1. The number of alkyl halides is 4. The van der Waals surface area contributed by atoms with Gasteiger partial charge in [-0.25, -0.2) is 18.0 Å². The quantitative estimate of drug-likeness (QED) is 0.0129. The highest BCUT2D eigenvalue weighted by Gasteiger charge is 2.39. The minimum atomic E-state index is -4.56. The number of methoxy groups -OCH3 is 1. The number of ketones is 3. The molecule has 29 heteroatoms. The number of carboxylic acid groups (broad SMARTS) is 2. The van der Waals surface area contributed by atoms with Gasteiger partial charge < -0.3 is 40.0 Å². The lowest BCUT2D eigenvalue weighted by atomic mass is 9.81. The number of halogens is 6. The van der Waals surface area contributed by atoms with Gasteiger partial charge in [0.25, 0.3) is 5.69 Å². The molecule has 0 aromatic heterocycles. The number of benzene rings is 4. The van der Waals surface area contributed by atoms with Crippen molar-refractivity contribution in [2.45, 2.75) is 89.1 Å². The third-order valence-electron chi connectivity index (χ3n) is 11.2. The van der Waals surface area contributed by atoms with Crippen LogP contribution in [-0.2, 0) is 60.4 Å². The van der Waals surface area contributed by atoms with Crippen LogP contribution in [0.1, 0.15) is 83.9 Å². The van der Waals surface area contributed by atoms with Crippen molar-refractivity contribution in [3.05, 3.63) is 121 Å². The summed E-state index contributed by atoms with van der Waals surface area (Å²) in [6.07, 6.45) is -3.71.